The van der Waals surface area contributed by atoms with Crippen LogP contribution in [0.15, 0.2) is 28.7 Å². The molecular weight excluding hydrogens is 343 g/mol. The van der Waals surface area contributed by atoms with E-state index < -0.39 is 15.7 Å². The van der Waals surface area contributed by atoms with E-state index in [9.17, 15) is 24.6 Å². The van der Waals surface area contributed by atoms with Crippen molar-refractivity contribution < 1.29 is 14.2 Å². The summed E-state index contributed by atoms with van der Waals surface area (Å²) in [4.78, 5) is 20.4. The van der Waals surface area contributed by atoms with Crippen molar-refractivity contribution in [2.75, 3.05) is 0 Å². The average molecular weight is 347 g/mol. The van der Waals surface area contributed by atoms with Gasteiger partial charge in [-0.1, -0.05) is 12.1 Å². The van der Waals surface area contributed by atoms with Crippen LogP contribution in [0.25, 0.3) is 11.1 Å². The fourth-order valence-corrected chi connectivity index (χ4v) is 3.28. The largest absolute Gasteiger partial charge is 0.345 e. The van der Waals surface area contributed by atoms with Gasteiger partial charge in [-0.3, -0.25) is 20.2 Å². The summed E-state index contributed by atoms with van der Waals surface area (Å²) in [7, 11) is 0. The fourth-order valence-electron chi connectivity index (χ4n) is 1.50. The first-order valence-corrected chi connectivity index (χ1v) is 6.39. The SMILES string of the molecule is O=[N+]([O-])c1sc([N+](=O)[O-])c(-c2ccc(F)cc2)c1Br. The molecule has 0 saturated carbocycles. The van der Waals surface area contributed by atoms with Gasteiger partial charge >= 0.3 is 10.0 Å². The maximum Gasteiger partial charge on any atom is 0.345 e. The molecule has 0 aliphatic heterocycles. The van der Waals surface area contributed by atoms with Gasteiger partial charge in [-0.05, 0) is 33.6 Å². The lowest BCUT2D eigenvalue weighted by Crippen LogP contribution is -1.88. The Bertz CT molecular complexity index is 671. The molecule has 0 amide bonds. The first-order chi connectivity index (χ1) is 8.91. The third-order valence-electron chi connectivity index (χ3n) is 2.28. The molecule has 1 aromatic heterocycles. The monoisotopic (exact) mass is 346 g/mol. The van der Waals surface area contributed by atoms with Crippen LogP contribution >= 0.6 is 27.3 Å². The smallest absolute Gasteiger partial charge is 0.258 e. The highest BCUT2D eigenvalue weighted by molar-refractivity contribution is 9.10. The molecule has 0 spiro atoms. The maximum atomic E-state index is 12.8. The molecule has 1 aromatic carbocycles. The third kappa shape index (κ3) is 2.47. The van der Waals surface area contributed by atoms with Gasteiger partial charge in [0, 0.05) is 11.3 Å². The Morgan fingerprint density at radius 2 is 1.58 bits per heavy atom. The van der Waals surface area contributed by atoms with Crippen molar-refractivity contribution >= 4 is 37.3 Å². The Morgan fingerprint density at radius 3 is 2.05 bits per heavy atom. The van der Waals surface area contributed by atoms with E-state index in [4.69, 9.17) is 0 Å². The van der Waals surface area contributed by atoms with Gasteiger partial charge in [0.15, 0.2) is 0 Å². The van der Waals surface area contributed by atoms with Crippen molar-refractivity contribution in [3.05, 3.63) is 54.8 Å². The van der Waals surface area contributed by atoms with Gasteiger partial charge < -0.3 is 0 Å². The summed E-state index contributed by atoms with van der Waals surface area (Å²) in [6.07, 6.45) is 0. The summed E-state index contributed by atoms with van der Waals surface area (Å²) in [5, 5.41) is 21.0. The van der Waals surface area contributed by atoms with E-state index in [1.54, 1.807) is 0 Å². The molecule has 98 valence electrons. The molecule has 0 aliphatic carbocycles. The van der Waals surface area contributed by atoms with Crippen LogP contribution in [0, 0.1) is 26.0 Å². The predicted octanol–water partition coefficient (Wildman–Crippen LogP) is 4.13. The standard InChI is InChI=1S/C10H4BrFN2O4S/c11-8-7(5-1-3-6(12)4-2-5)9(13(15)16)19-10(8)14(17)18/h1-4H. The predicted molar refractivity (Wildman–Crippen MR) is 70.7 cm³/mol. The van der Waals surface area contributed by atoms with Crippen LogP contribution < -0.4 is 0 Å². The van der Waals surface area contributed by atoms with Gasteiger partial charge in [-0.25, -0.2) is 4.39 Å². The highest BCUT2D eigenvalue weighted by atomic mass is 79.9. The summed E-state index contributed by atoms with van der Waals surface area (Å²) in [5.41, 5.74) is 0.422. The van der Waals surface area contributed by atoms with Crippen LogP contribution in [0.1, 0.15) is 0 Å². The highest BCUT2D eigenvalue weighted by Crippen LogP contribution is 2.49. The Labute approximate surface area is 117 Å². The number of benzene rings is 1. The lowest BCUT2D eigenvalue weighted by Gasteiger charge is -1.98. The van der Waals surface area contributed by atoms with E-state index in [0.29, 0.717) is 16.9 Å². The van der Waals surface area contributed by atoms with E-state index in [-0.39, 0.29) is 20.0 Å². The lowest BCUT2D eigenvalue weighted by molar-refractivity contribution is -0.382. The van der Waals surface area contributed by atoms with E-state index in [1.165, 1.54) is 12.1 Å². The number of halogens is 2. The zero-order valence-corrected chi connectivity index (χ0v) is 11.4. The summed E-state index contributed by atoms with van der Waals surface area (Å²) in [5.74, 6) is -0.493. The van der Waals surface area contributed by atoms with Gasteiger partial charge in [0.2, 0.25) is 0 Å². The van der Waals surface area contributed by atoms with Crippen molar-refractivity contribution in [2.45, 2.75) is 0 Å². The molecule has 2 rings (SSSR count). The summed E-state index contributed by atoms with van der Waals surface area (Å²) >= 11 is 3.46. The van der Waals surface area contributed by atoms with Crippen LogP contribution in [0.3, 0.4) is 0 Å². The van der Waals surface area contributed by atoms with Crippen molar-refractivity contribution in [3.63, 3.8) is 0 Å². The van der Waals surface area contributed by atoms with Gasteiger partial charge in [-0.2, -0.15) is 0 Å². The fraction of sp³-hybridized carbons (Fsp3) is 0. The molecule has 0 aliphatic rings. The van der Waals surface area contributed by atoms with Gasteiger partial charge in [0.1, 0.15) is 10.3 Å². The van der Waals surface area contributed by atoms with E-state index >= 15 is 0 Å². The summed E-state index contributed by atoms with van der Waals surface area (Å²) < 4.78 is 12.9. The maximum absolute atomic E-state index is 12.8. The topological polar surface area (TPSA) is 86.3 Å². The summed E-state index contributed by atoms with van der Waals surface area (Å²) in [6, 6.07) is 4.93. The average Bonchev–Trinajstić information content (AvgIpc) is 2.68. The minimum atomic E-state index is -0.700. The second-order valence-electron chi connectivity index (χ2n) is 3.42. The van der Waals surface area contributed by atoms with Crippen LogP contribution in [0.4, 0.5) is 14.4 Å². The molecule has 0 bridgehead atoms. The molecule has 1 heterocycles. The normalized spacial score (nSPS) is 10.4. The van der Waals surface area contributed by atoms with Crippen molar-refractivity contribution in [2.24, 2.45) is 0 Å². The minimum absolute atomic E-state index is 0.0285. The molecule has 0 saturated heterocycles. The van der Waals surface area contributed by atoms with Crippen molar-refractivity contribution in [1.29, 1.82) is 0 Å². The second-order valence-corrected chi connectivity index (χ2v) is 5.19. The molecule has 19 heavy (non-hydrogen) atoms. The van der Waals surface area contributed by atoms with Crippen LogP contribution in [-0.2, 0) is 0 Å². The lowest BCUT2D eigenvalue weighted by atomic mass is 10.1. The zero-order chi connectivity index (χ0) is 14.2. The second kappa shape index (κ2) is 5.02. The van der Waals surface area contributed by atoms with E-state index in [0.717, 1.165) is 12.1 Å². The van der Waals surface area contributed by atoms with Crippen LogP contribution in [0.2, 0.25) is 0 Å². The Morgan fingerprint density at radius 1 is 1.05 bits per heavy atom. The van der Waals surface area contributed by atoms with Crippen molar-refractivity contribution in [1.82, 2.24) is 0 Å². The van der Waals surface area contributed by atoms with Gasteiger partial charge in [0.25, 0.3) is 0 Å². The highest BCUT2D eigenvalue weighted by Gasteiger charge is 2.32. The van der Waals surface area contributed by atoms with Gasteiger partial charge in [-0.15, -0.1) is 0 Å². The Hall–Kier alpha value is -1.87. The molecule has 0 N–H and O–H groups in total. The summed E-state index contributed by atoms with van der Waals surface area (Å²) in [6.45, 7) is 0. The molecule has 6 nitrogen and oxygen atoms in total. The number of hydrogen-bond acceptors (Lipinski definition) is 5. The zero-order valence-electron chi connectivity index (χ0n) is 9.00. The van der Waals surface area contributed by atoms with Crippen LogP contribution in [0.5, 0.6) is 0 Å². The minimum Gasteiger partial charge on any atom is -0.258 e. The third-order valence-corrected chi connectivity index (χ3v) is 4.41. The first-order valence-electron chi connectivity index (χ1n) is 4.79. The molecule has 0 radical (unpaired) electrons. The van der Waals surface area contributed by atoms with Crippen molar-refractivity contribution in [3.8, 4) is 11.1 Å². The van der Waals surface area contributed by atoms with Crippen LogP contribution in [-0.4, -0.2) is 9.85 Å². The number of thiophene rings is 1. The molecule has 2 aromatic rings. The molecule has 9 heteroatoms. The van der Waals surface area contributed by atoms with E-state index in [2.05, 4.69) is 15.9 Å². The quantitative estimate of drug-likeness (QED) is 0.617. The van der Waals surface area contributed by atoms with E-state index in [1.807, 2.05) is 0 Å². The molecule has 0 unspecified atom stereocenters. The number of nitrogens with zero attached hydrogens (tertiary/aromatic N) is 2. The molecule has 0 fully saturated rings. The van der Waals surface area contributed by atoms with Gasteiger partial charge in [0.05, 0.1) is 15.4 Å². The number of rotatable bonds is 3. The first kappa shape index (κ1) is 13.6. The molecule has 0 atom stereocenters. The molecular formula is C10H4BrFN2O4S. The Balaban J connectivity index is 2.70. The number of hydrogen-bond donors (Lipinski definition) is 0. The Kier molecular flexibility index (Phi) is 3.58. The number of nitro groups is 2.